The van der Waals surface area contributed by atoms with Crippen molar-refractivity contribution in [2.24, 2.45) is 0 Å². The van der Waals surface area contributed by atoms with Crippen LogP contribution in [0, 0.1) is 0 Å². The maximum absolute atomic E-state index is 11.9. The average Bonchev–Trinajstić information content (AvgIpc) is 2.47. The molecule has 0 spiro atoms. The normalized spacial score (nSPS) is 23.8. The lowest BCUT2D eigenvalue weighted by atomic mass is 9.95. The molecule has 0 unspecified atom stereocenters. The number of amides is 1. The van der Waals surface area contributed by atoms with Crippen LogP contribution in [0.25, 0.3) is 0 Å². The molecule has 0 aromatic heterocycles. The fraction of sp³-hybridized carbons (Fsp3) is 0.462. The van der Waals surface area contributed by atoms with Crippen LogP contribution in [0.5, 0.6) is 0 Å². The van der Waals surface area contributed by atoms with Crippen molar-refractivity contribution in [3.63, 3.8) is 0 Å². The Balaban J connectivity index is 2.25. The highest BCUT2D eigenvalue weighted by molar-refractivity contribution is 6.30. The van der Waals surface area contributed by atoms with Crippen molar-refractivity contribution in [3.05, 3.63) is 34.3 Å². The Morgan fingerprint density at radius 1 is 1.62 bits per heavy atom. The molecule has 1 aromatic rings. The molecule has 16 heavy (non-hydrogen) atoms. The molecule has 1 atom stereocenters. The van der Waals surface area contributed by atoms with E-state index in [-0.39, 0.29) is 5.92 Å². The van der Waals surface area contributed by atoms with Crippen molar-refractivity contribution in [2.45, 2.75) is 26.1 Å². The molecule has 0 fully saturated rings. The second-order valence-electron chi connectivity index (χ2n) is 4.25. The number of hydrogen-bond donors (Lipinski definition) is 0. The van der Waals surface area contributed by atoms with Gasteiger partial charge in [-0.15, -0.1) is 0 Å². The van der Waals surface area contributed by atoms with Gasteiger partial charge in [-0.25, -0.2) is 0 Å². The summed E-state index contributed by atoms with van der Waals surface area (Å²) in [5.41, 5.74) is 2.24. The van der Waals surface area contributed by atoms with Gasteiger partial charge in [0.25, 0.3) is 0 Å². The maximum Gasteiger partial charge on any atom is 0.219 e. The molecule has 0 aliphatic carbocycles. The molecule has 2 nitrogen and oxygen atoms in total. The highest BCUT2D eigenvalue weighted by Gasteiger charge is 2.21. The van der Waals surface area contributed by atoms with Crippen LogP contribution in [0.2, 0.25) is 5.02 Å². The Kier molecular flexibility index (Phi) is 2.27. The van der Waals surface area contributed by atoms with Crippen LogP contribution in [-0.4, -0.2) is 23.9 Å². The zero-order chi connectivity index (χ0) is 14.2. The van der Waals surface area contributed by atoms with Gasteiger partial charge in [-0.3, -0.25) is 4.79 Å². The Bertz CT molecular complexity index is 501. The van der Waals surface area contributed by atoms with Gasteiger partial charge in [-0.05, 0) is 35.6 Å². The molecule has 0 saturated carbocycles. The van der Waals surface area contributed by atoms with Gasteiger partial charge in [-0.2, -0.15) is 0 Å². The maximum atomic E-state index is 11.9. The molecule has 0 N–H and O–H groups in total. The second-order valence-corrected chi connectivity index (χ2v) is 4.68. The van der Waals surface area contributed by atoms with Crippen molar-refractivity contribution in [1.29, 1.82) is 0 Å². The molecule has 1 aliphatic heterocycles. The van der Waals surface area contributed by atoms with Crippen LogP contribution in [0.3, 0.4) is 0 Å². The van der Waals surface area contributed by atoms with Gasteiger partial charge >= 0.3 is 0 Å². The van der Waals surface area contributed by atoms with E-state index in [2.05, 4.69) is 0 Å². The van der Waals surface area contributed by atoms with Crippen molar-refractivity contribution in [1.82, 2.24) is 4.90 Å². The zero-order valence-corrected chi connectivity index (χ0v) is 9.92. The van der Waals surface area contributed by atoms with Crippen molar-refractivity contribution >= 4 is 17.5 Å². The molecular weight excluding hydrogens is 222 g/mol. The summed E-state index contributed by atoms with van der Waals surface area (Å²) < 4.78 is 21.7. The summed E-state index contributed by atoms with van der Waals surface area (Å²) >= 11 is 6.00. The number of fused-ring (bicyclic) bond motifs is 1. The Labute approximate surface area is 105 Å². The number of halogens is 1. The number of benzene rings is 1. The van der Waals surface area contributed by atoms with E-state index >= 15 is 0 Å². The molecule has 1 heterocycles. The number of nitrogens with zero attached hydrogens (tertiary/aromatic N) is 1. The van der Waals surface area contributed by atoms with Gasteiger partial charge in [0, 0.05) is 29.1 Å². The highest BCUT2D eigenvalue weighted by Crippen LogP contribution is 2.27. The molecule has 0 radical (unpaired) electrons. The quantitative estimate of drug-likeness (QED) is 0.683. The lowest BCUT2D eigenvalue weighted by Crippen LogP contribution is -2.32. The Morgan fingerprint density at radius 2 is 2.44 bits per heavy atom. The second kappa shape index (κ2) is 4.46. The lowest BCUT2D eigenvalue weighted by Gasteiger charge is -2.21. The van der Waals surface area contributed by atoms with E-state index in [1.165, 1.54) is 4.90 Å². The van der Waals surface area contributed by atoms with Gasteiger partial charge < -0.3 is 4.90 Å². The SMILES string of the molecule is [2H]C([2H])([2H])C(=O)N1CCc2ccc(Cl)cc2[C@@H](C)C1. The van der Waals surface area contributed by atoms with Crippen LogP contribution in [-0.2, 0) is 11.2 Å². The third-order valence-electron chi connectivity index (χ3n) is 3.07. The van der Waals surface area contributed by atoms with Crippen LogP contribution < -0.4 is 0 Å². The first-order chi connectivity index (χ1) is 8.79. The first-order valence-electron chi connectivity index (χ1n) is 6.87. The van der Waals surface area contributed by atoms with E-state index in [0.29, 0.717) is 24.5 Å². The van der Waals surface area contributed by atoms with Crippen LogP contribution in [0.1, 0.15) is 34.9 Å². The van der Waals surface area contributed by atoms with E-state index in [1.807, 2.05) is 25.1 Å². The average molecular weight is 241 g/mol. The first-order valence-corrected chi connectivity index (χ1v) is 5.74. The minimum atomic E-state index is -2.56. The molecule has 0 saturated heterocycles. The van der Waals surface area contributed by atoms with Gasteiger partial charge in [0.05, 0.1) is 0 Å². The Morgan fingerprint density at radius 3 is 3.19 bits per heavy atom. The Hall–Kier alpha value is -1.02. The van der Waals surface area contributed by atoms with Crippen molar-refractivity contribution in [3.8, 4) is 0 Å². The van der Waals surface area contributed by atoms with E-state index < -0.39 is 12.8 Å². The van der Waals surface area contributed by atoms with E-state index in [4.69, 9.17) is 15.7 Å². The number of rotatable bonds is 0. The lowest BCUT2D eigenvalue weighted by molar-refractivity contribution is -0.128. The predicted molar refractivity (Wildman–Crippen MR) is 65.8 cm³/mol. The minimum Gasteiger partial charge on any atom is -0.342 e. The molecule has 1 aliphatic rings. The van der Waals surface area contributed by atoms with E-state index in [9.17, 15) is 4.79 Å². The molecule has 86 valence electrons. The van der Waals surface area contributed by atoms with Gasteiger partial charge in [0.1, 0.15) is 0 Å². The van der Waals surface area contributed by atoms with Crippen LogP contribution in [0.15, 0.2) is 18.2 Å². The minimum absolute atomic E-state index is 0.0856. The third-order valence-corrected chi connectivity index (χ3v) is 3.31. The summed E-state index contributed by atoms with van der Waals surface area (Å²) in [6, 6.07) is 5.69. The summed E-state index contributed by atoms with van der Waals surface area (Å²) in [6.45, 7) is 0.287. The van der Waals surface area contributed by atoms with E-state index in [0.717, 1.165) is 11.1 Å². The molecule has 0 bridgehead atoms. The monoisotopic (exact) mass is 240 g/mol. The predicted octanol–water partition coefficient (Wildman–Crippen LogP) is 2.85. The molecule has 1 aromatic carbocycles. The summed E-state index contributed by atoms with van der Waals surface area (Å²) in [5, 5.41) is 0.668. The molecule has 1 amide bonds. The largest absolute Gasteiger partial charge is 0.342 e. The van der Waals surface area contributed by atoms with Crippen molar-refractivity contribution in [2.75, 3.05) is 13.1 Å². The number of hydrogen-bond acceptors (Lipinski definition) is 1. The van der Waals surface area contributed by atoms with Gasteiger partial charge in [0.2, 0.25) is 5.91 Å². The topological polar surface area (TPSA) is 20.3 Å². The summed E-state index contributed by atoms with van der Waals surface area (Å²) in [4.78, 5) is 13.3. The smallest absolute Gasteiger partial charge is 0.219 e. The highest BCUT2D eigenvalue weighted by atomic mass is 35.5. The van der Waals surface area contributed by atoms with Crippen molar-refractivity contribution < 1.29 is 8.91 Å². The number of carbonyl (C=O) groups is 1. The van der Waals surface area contributed by atoms with E-state index in [1.54, 1.807) is 0 Å². The first kappa shape index (κ1) is 8.13. The molecule has 3 heteroatoms. The summed E-state index contributed by atoms with van der Waals surface area (Å²) in [5.74, 6) is -0.680. The fourth-order valence-electron chi connectivity index (χ4n) is 2.21. The fourth-order valence-corrected chi connectivity index (χ4v) is 2.39. The third kappa shape index (κ3) is 2.22. The van der Waals surface area contributed by atoms with Crippen LogP contribution in [0.4, 0.5) is 0 Å². The van der Waals surface area contributed by atoms with Gasteiger partial charge in [-0.1, -0.05) is 24.6 Å². The summed E-state index contributed by atoms with van der Waals surface area (Å²) in [6.07, 6.45) is 0.665. The van der Waals surface area contributed by atoms with Crippen LogP contribution >= 0.6 is 11.6 Å². The van der Waals surface area contributed by atoms with Gasteiger partial charge in [0.15, 0.2) is 0 Å². The molecular formula is C13H16ClNO. The zero-order valence-electron chi connectivity index (χ0n) is 12.2. The molecule has 2 rings (SSSR count). The summed E-state index contributed by atoms with van der Waals surface area (Å²) in [7, 11) is 0. The standard InChI is InChI=1S/C13H16ClNO/c1-9-8-15(10(2)16)6-5-11-3-4-12(14)7-13(9)11/h3-4,7,9H,5-6,8H2,1-2H3/t9-/m0/s1/i2D3. The number of carbonyl (C=O) groups excluding carboxylic acids is 1.